The van der Waals surface area contributed by atoms with Crippen LogP contribution in [0.15, 0.2) is 30.5 Å². The number of hydrogen-bond donors (Lipinski definition) is 2. The van der Waals surface area contributed by atoms with Crippen molar-refractivity contribution in [1.29, 1.82) is 0 Å². The molecule has 3 N–H and O–H groups in total. The van der Waals surface area contributed by atoms with Gasteiger partial charge in [0, 0.05) is 24.0 Å². The highest BCUT2D eigenvalue weighted by atomic mass is 19.1. The van der Waals surface area contributed by atoms with Crippen molar-refractivity contribution in [3.8, 4) is 0 Å². The summed E-state index contributed by atoms with van der Waals surface area (Å²) in [6.45, 7) is 0. The molecule has 1 aromatic heterocycles. The van der Waals surface area contributed by atoms with Crippen LogP contribution in [0.25, 0.3) is 0 Å². The van der Waals surface area contributed by atoms with E-state index in [2.05, 4.69) is 5.32 Å². The van der Waals surface area contributed by atoms with Crippen LogP contribution >= 0.6 is 0 Å². The number of anilines is 2. The molecule has 1 saturated carbocycles. The van der Waals surface area contributed by atoms with Crippen molar-refractivity contribution in [3.63, 3.8) is 0 Å². The van der Waals surface area contributed by atoms with E-state index >= 15 is 0 Å². The van der Waals surface area contributed by atoms with Crippen LogP contribution in [0, 0.1) is 11.6 Å². The number of benzene rings is 1. The van der Waals surface area contributed by atoms with Crippen molar-refractivity contribution in [1.82, 2.24) is 4.57 Å². The van der Waals surface area contributed by atoms with Gasteiger partial charge in [0.15, 0.2) is 0 Å². The summed E-state index contributed by atoms with van der Waals surface area (Å²) < 4.78 is 28.0. The average molecular weight is 277 g/mol. The van der Waals surface area contributed by atoms with Gasteiger partial charge in [-0.05, 0) is 31.0 Å². The van der Waals surface area contributed by atoms with Crippen LogP contribution in [0.3, 0.4) is 0 Å². The SMILES string of the molecule is Nc1cc(C(=O)Nc2cc(F)cc(F)c2)n(C2CC2)c1. The third-order valence-electron chi connectivity index (χ3n) is 3.16. The highest BCUT2D eigenvalue weighted by molar-refractivity contribution is 6.03. The Hall–Kier alpha value is -2.37. The van der Waals surface area contributed by atoms with Crippen LogP contribution in [-0.4, -0.2) is 10.5 Å². The molecule has 1 aliphatic carbocycles. The lowest BCUT2D eigenvalue weighted by Crippen LogP contribution is -2.16. The first kappa shape index (κ1) is 12.7. The topological polar surface area (TPSA) is 60.1 Å². The van der Waals surface area contributed by atoms with Crippen molar-refractivity contribution in [2.75, 3.05) is 11.1 Å². The first-order valence-electron chi connectivity index (χ1n) is 6.28. The van der Waals surface area contributed by atoms with Crippen molar-refractivity contribution >= 4 is 17.3 Å². The average Bonchev–Trinajstić information content (AvgIpc) is 3.11. The first-order valence-corrected chi connectivity index (χ1v) is 6.28. The lowest BCUT2D eigenvalue weighted by molar-refractivity contribution is 0.101. The number of nitrogens with one attached hydrogen (secondary N) is 1. The normalized spacial score (nSPS) is 14.3. The zero-order valence-corrected chi connectivity index (χ0v) is 10.6. The lowest BCUT2D eigenvalue weighted by atomic mass is 10.3. The Bertz CT molecular complexity index is 657. The molecule has 4 nitrogen and oxygen atoms in total. The summed E-state index contributed by atoms with van der Waals surface area (Å²) in [6, 6.07) is 4.73. The van der Waals surface area contributed by atoms with E-state index in [1.54, 1.807) is 16.8 Å². The van der Waals surface area contributed by atoms with Gasteiger partial charge >= 0.3 is 0 Å². The number of nitrogens with two attached hydrogens (primary N) is 1. The van der Waals surface area contributed by atoms with E-state index in [1.165, 1.54) is 0 Å². The Morgan fingerprint density at radius 3 is 2.45 bits per heavy atom. The summed E-state index contributed by atoms with van der Waals surface area (Å²) in [7, 11) is 0. The predicted octanol–water partition coefficient (Wildman–Crippen LogP) is 2.94. The first-order chi connectivity index (χ1) is 9.52. The number of carbonyl (C=O) groups excluding carboxylic acids is 1. The van der Waals surface area contributed by atoms with Gasteiger partial charge in [0.1, 0.15) is 17.3 Å². The summed E-state index contributed by atoms with van der Waals surface area (Å²) in [5.74, 6) is -1.91. The summed E-state index contributed by atoms with van der Waals surface area (Å²) >= 11 is 0. The van der Waals surface area contributed by atoms with E-state index in [9.17, 15) is 13.6 Å². The predicted molar refractivity (Wildman–Crippen MR) is 71.4 cm³/mol. The number of nitrogen functional groups attached to an aromatic ring is 1. The maximum Gasteiger partial charge on any atom is 0.272 e. The van der Waals surface area contributed by atoms with Crippen LogP contribution in [0.4, 0.5) is 20.2 Å². The van der Waals surface area contributed by atoms with E-state index in [4.69, 9.17) is 5.73 Å². The van der Waals surface area contributed by atoms with Crippen molar-refractivity contribution in [2.24, 2.45) is 0 Å². The van der Waals surface area contributed by atoms with E-state index in [-0.39, 0.29) is 11.7 Å². The molecule has 0 atom stereocenters. The zero-order chi connectivity index (χ0) is 14.3. The summed E-state index contributed by atoms with van der Waals surface area (Å²) in [6.07, 6.45) is 3.71. The minimum Gasteiger partial charge on any atom is -0.397 e. The van der Waals surface area contributed by atoms with Gasteiger partial charge in [-0.15, -0.1) is 0 Å². The summed E-state index contributed by atoms with van der Waals surface area (Å²) in [4.78, 5) is 12.2. The van der Waals surface area contributed by atoms with Gasteiger partial charge in [-0.2, -0.15) is 0 Å². The fraction of sp³-hybridized carbons (Fsp3) is 0.214. The minimum absolute atomic E-state index is 0.0784. The lowest BCUT2D eigenvalue weighted by Gasteiger charge is -2.08. The number of aromatic nitrogens is 1. The highest BCUT2D eigenvalue weighted by Gasteiger charge is 2.27. The Morgan fingerprint density at radius 2 is 1.85 bits per heavy atom. The molecule has 1 aliphatic rings. The van der Waals surface area contributed by atoms with Crippen LogP contribution in [0.2, 0.25) is 0 Å². The van der Waals surface area contributed by atoms with Gasteiger partial charge in [-0.1, -0.05) is 0 Å². The fourth-order valence-electron chi connectivity index (χ4n) is 2.16. The van der Waals surface area contributed by atoms with E-state index in [1.807, 2.05) is 0 Å². The summed E-state index contributed by atoms with van der Waals surface area (Å²) in [5, 5.41) is 2.48. The standard InChI is InChI=1S/C14H13F2N3O/c15-8-3-9(16)5-11(4-8)18-14(20)13-6-10(17)7-19(13)12-1-2-12/h3-7,12H,1-2,17H2,(H,18,20). The molecule has 0 spiro atoms. The molecule has 1 fully saturated rings. The number of amides is 1. The molecule has 0 radical (unpaired) electrons. The second-order valence-corrected chi connectivity index (χ2v) is 4.91. The Kier molecular flexibility index (Phi) is 2.93. The second-order valence-electron chi connectivity index (χ2n) is 4.91. The van der Waals surface area contributed by atoms with Gasteiger partial charge < -0.3 is 15.6 Å². The molecule has 0 bridgehead atoms. The third kappa shape index (κ3) is 2.49. The van der Waals surface area contributed by atoms with Crippen LogP contribution in [0.5, 0.6) is 0 Å². The maximum atomic E-state index is 13.1. The molecule has 20 heavy (non-hydrogen) atoms. The molecule has 0 unspecified atom stereocenters. The molecular weight excluding hydrogens is 264 g/mol. The van der Waals surface area contributed by atoms with Crippen molar-refractivity contribution < 1.29 is 13.6 Å². The van der Waals surface area contributed by atoms with Gasteiger partial charge in [-0.25, -0.2) is 8.78 Å². The van der Waals surface area contributed by atoms with Gasteiger partial charge in [0.25, 0.3) is 5.91 Å². The Balaban J connectivity index is 1.85. The molecule has 104 valence electrons. The van der Waals surface area contributed by atoms with Crippen molar-refractivity contribution in [3.05, 3.63) is 47.8 Å². The summed E-state index contributed by atoms with van der Waals surface area (Å²) in [5.41, 5.74) is 6.67. The quantitative estimate of drug-likeness (QED) is 0.906. The Labute approximate surface area is 114 Å². The molecule has 0 aliphatic heterocycles. The molecular formula is C14H13F2N3O. The smallest absolute Gasteiger partial charge is 0.272 e. The van der Waals surface area contributed by atoms with Crippen LogP contribution < -0.4 is 11.1 Å². The molecule has 2 aromatic rings. The van der Waals surface area contributed by atoms with Crippen molar-refractivity contribution in [2.45, 2.75) is 18.9 Å². The number of hydrogen-bond acceptors (Lipinski definition) is 2. The van der Waals surface area contributed by atoms with E-state index in [0.29, 0.717) is 11.4 Å². The monoisotopic (exact) mass is 277 g/mol. The zero-order valence-electron chi connectivity index (χ0n) is 10.6. The number of rotatable bonds is 3. The number of halogens is 2. The molecule has 6 heteroatoms. The van der Waals surface area contributed by atoms with E-state index in [0.717, 1.165) is 31.0 Å². The van der Waals surface area contributed by atoms with Gasteiger partial charge in [0.05, 0.1) is 5.69 Å². The number of nitrogens with zero attached hydrogens (tertiary/aromatic N) is 1. The van der Waals surface area contributed by atoms with E-state index < -0.39 is 17.5 Å². The number of carbonyl (C=O) groups is 1. The fourth-order valence-corrected chi connectivity index (χ4v) is 2.16. The second kappa shape index (κ2) is 4.63. The minimum atomic E-state index is -0.739. The third-order valence-corrected chi connectivity index (χ3v) is 3.16. The van der Waals surface area contributed by atoms with Gasteiger partial charge in [-0.3, -0.25) is 4.79 Å². The Morgan fingerprint density at radius 1 is 1.20 bits per heavy atom. The van der Waals surface area contributed by atoms with Gasteiger partial charge in [0.2, 0.25) is 0 Å². The highest BCUT2D eigenvalue weighted by Crippen LogP contribution is 2.37. The van der Waals surface area contributed by atoms with Crippen LogP contribution in [0.1, 0.15) is 29.4 Å². The largest absolute Gasteiger partial charge is 0.397 e. The molecule has 1 amide bonds. The molecule has 1 heterocycles. The molecule has 1 aromatic carbocycles. The maximum absolute atomic E-state index is 13.1. The molecule has 0 saturated heterocycles. The van der Waals surface area contributed by atoms with Crippen LogP contribution in [-0.2, 0) is 0 Å². The molecule has 3 rings (SSSR count).